The Labute approximate surface area is 209 Å². The molecule has 0 aliphatic carbocycles. The number of rotatable bonds is 11. The van der Waals surface area contributed by atoms with Crippen molar-refractivity contribution in [1.29, 1.82) is 0 Å². The molecule has 0 spiro atoms. The largest absolute Gasteiger partial charge is 0.469 e. The molecule has 0 aliphatic rings. The lowest BCUT2D eigenvalue weighted by atomic mass is 9.97. The lowest BCUT2D eigenvalue weighted by Crippen LogP contribution is -2.24. The normalized spacial score (nSPS) is 11.3. The fourth-order valence-electron chi connectivity index (χ4n) is 4.76. The summed E-state index contributed by atoms with van der Waals surface area (Å²) in [5, 5.41) is 5.23. The highest BCUT2D eigenvalue weighted by Crippen LogP contribution is 2.30. The Kier molecular flexibility index (Phi) is 8.38. The molecule has 0 atom stereocenters. The average Bonchev–Trinajstić information content (AvgIpc) is 2.88. The van der Waals surface area contributed by atoms with Crippen molar-refractivity contribution >= 4 is 33.2 Å². The predicted molar refractivity (Wildman–Crippen MR) is 147 cm³/mol. The summed E-state index contributed by atoms with van der Waals surface area (Å²) in [6.07, 6.45) is 3.44. The number of esters is 1. The van der Waals surface area contributed by atoms with E-state index in [1.165, 1.54) is 45.5 Å². The lowest BCUT2D eigenvalue weighted by Gasteiger charge is -2.24. The average molecular weight is 469 g/mol. The second-order valence-corrected chi connectivity index (χ2v) is 9.46. The molecule has 35 heavy (non-hydrogen) atoms. The van der Waals surface area contributed by atoms with Crippen LogP contribution in [0, 0.1) is 0 Å². The third-order valence-corrected chi connectivity index (χ3v) is 6.69. The maximum absolute atomic E-state index is 11.5. The van der Waals surface area contributed by atoms with Gasteiger partial charge in [-0.3, -0.25) is 9.69 Å². The van der Waals surface area contributed by atoms with Gasteiger partial charge in [0, 0.05) is 39.3 Å². The molecule has 4 aromatic carbocycles. The predicted octanol–water partition coefficient (Wildman–Crippen LogP) is 6.79. The summed E-state index contributed by atoms with van der Waals surface area (Å²) in [5.41, 5.74) is 3.89. The van der Waals surface area contributed by atoms with E-state index in [0.717, 1.165) is 38.9 Å². The van der Waals surface area contributed by atoms with E-state index in [1.54, 1.807) is 0 Å². The van der Waals surface area contributed by atoms with Crippen LogP contribution in [0.2, 0.25) is 0 Å². The highest BCUT2D eigenvalue weighted by atomic mass is 16.5. The Bertz CT molecular complexity index is 1260. The molecule has 4 heteroatoms. The summed E-state index contributed by atoms with van der Waals surface area (Å²) in [6.45, 7) is 2.77. The Morgan fingerprint density at radius 1 is 0.771 bits per heavy atom. The molecule has 0 saturated carbocycles. The number of nitrogens with zero attached hydrogens (tertiary/aromatic N) is 2. The summed E-state index contributed by atoms with van der Waals surface area (Å²) < 4.78 is 4.79. The van der Waals surface area contributed by atoms with Gasteiger partial charge >= 0.3 is 5.97 Å². The quantitative estimate of drug-likeness (QED) is 0.138. The second-order valence-electron chi connectivity index (χ2n) is 9.46. The topological polar surface area (TPSA) is 32.8 Å². The van der Waals surface area contributed by atoms with Crippen molar-refractivity contribution in [3.8, 4) is 0 Å². The monoisotopic (exact) mass is 468 g/mol. The van der Waals surface area contributed by atoms with Crippen molar-refractivity contribution < 1.29 is 9.53 Å². The number of hydrogen-bond donors (Lipinski definition) is 0. The number of methoxy groups -OCH3 is 1. The zero-order valence-corrected chi connectivity index (χ0v) is 21.2. The minimum Gasteiger partial charge on any atom is -0.469 e. The fourth-order valence-corrected chi connectivity index (χ4v) is 4.76. The first kappa shape index (κ1) is 24.7. The molecule has 4 nitrogen and oxygen atoms in total. The van der Waals surface area contributed by atoms with Crippen molar-refractivity contribution in [1.82, 2.24) is 4.90 Å². The van der Waals surface area contributed by atoms with Crippen molar-refractivity contribution in [3.63, 3.8) is 0 Å². The molecular formula is C31H36N2O2. The van der Waals surface area contributed by atoms with E-state index in [2.05, 4.69) is 103 Å². The lowest BCUT2D eigenvalue weighted by molar-refractivity contribution is -0.140. The van der Waals surface area contributed by atoms with Gasteiger partial charge in [-0.05, 0) is 70.3 Å². The molecule has 0 aliphatic heterocycles. The zero-order valence-electron chi connectivity index (χ0n) is 21.2. The van der Waals surface area contributed by atoms with Crippen molar-refractivity contribution in [2.24, 2.45) is 0 Å². The number of anilines is 1. The van der Waals surface area contributed by atoms with Crippen molar-refractivity contribution in [2.75, 3.05) is 32.6 Å². The van der Waals surface area contributed by atoms with Crippen LogP contribution in [0.4, 0.5) is 5.69 Å². The Morgan fingerprint density at radius 2 is 1.46 bits per heavy atom. The molecule has 4 rings (SSSR count). The number of benzene rings is 4. The summed E-state index contributed by atoms with van der Waals surface area (Å²) in [5.74, 6) is -0.120. The van der Waals surface area contributed by atoms with Gasteiger partial charge in [-0.25, -0.2) is 0 Å². The van der Waals surface area contributed by atoms with Gasteiger partial charge in [0.25, 0.3) is 0 Å². The van der Waals surface area contributed by atoms with E-state index in [4.69, 9.17) is 4.74 Å². The maximum atomic E-state index is 11.5. The Balaban J connectivity index is 1.56. The van der Waals surface area contributed by atoms with E-state index in [-0.39, 0.29) is 5.97 Å². The van der Waals surface area contributed by atoms with Crippen LogP contribution in [0.3, 0.4) is 0 Å². The van der Waals surface area contributed by atoms with Crippen LogP contribution in [-0.4, -0.2) is 38.6 Å². The molecule has 182 valence electrons. The summed E-state index contributed by atoms with van der Waals surface area (Å²) >= 11 is 0. The number of unbranched alkanes of at least 4 members (excludes halogenated alkanes) is 2. The van der Waals surface area contributed by atoms with Crippen molar-refractivity contribution in [3.05, 3.63) is 90.0 Å². The highest BCUT2D eigenvalue weighted by Gasteiger charge is 2.12. The summed E-state index contributed by atoms with van der Waals surface area (Å²) in [7, 11) is 5.60. The molecule has 4 aromatic rings. The number of hydrogen-bond acceptors (Lipinski definition) is 4. The zero-order chi connectivity index (χ0) is 24.6. The van der Waals surface area contributed by atoms with Crippen LogP contribution in [0.15, 0.2) is 78.9 Å². The molecule has 0 fully saturated rings. The van der Waals surface area contributed by atoms with E-state index in [0.29, 0.717) is 6.42 Å². The molecule has 0 unspecified atom stereocenters. The molecular weight excluding hydrogens is 432 g/mol. The van der Waals surface area contributed by atoms with Crippen LogP contribution in [0.1, 0.15) is 36.8 Å². The summed E-state index contributed by atoms with van der Waals surface area (Å²) in [6, 6.07) is 28.6. The molecule has 0 N–H and O–H groups in total. The maximum Gasteiger partial charge on any atom is 0.305 e. The number of carbonyl (C=O) groups excluding carboxylic acids is 1. The van der Waals surface area contributed by atoms with Gasteiger partial charge in [-0.1, -0.05) is 67.1 Å². The van der Waals surface area contributed by atoms with Gasteiger partial charge in [-0.2, -0.15) is 0 Å². The van der Waals surface area contributed by atoms with Crippen LogP contribution in [0.5, 0.6) is 0 Å². The molecule has 0 saturated heterocycles. The van der Waals surface area contributed by atoms with Gasteiger partial charge in [0.1, 0.15) is 0 Å². The molecule has 0 bridgehead atoms. The van der Waals surface area contributed by atoms with E-state index in [1.807, 2.05) is 0 Å². The first-order chi connectivity index (χ1) is 17.0. The first-order valence-electron chi connectivity index (χ1n) is 12.5. The summed E-state index contributed by atoms with van der Waals surface area (Å²) in [4.78, 5) is 16.1. The number of ether oxygens (including phenoxy) is 1. The van der Waals surface area contributed by atoms with Gasteiger partial charge in [-0.15, -0.1) is 0 Å². The molecule has 0 aromatic heterocycles. The third kappa shape index (κ3) is 6.40. The van der Waals surface area contributed by atoms with Crippen LogP contribution in [-0.2, 0) is 22.6 Å². The van der Waals surface area contributed by atoms with Crippen LogP contribution in [0.25, 0.3) is 21.5 Å². The van der Waals surface area contributed by atoms with Crippen LogP contribution < -0.4 is 4.90 Å². The van der Waals surface area contributed by atoms with Gasteiger partial charge < -0.3 is 9.64 Å². The first-order valence-corrected chi connectivity index (χ1v) is 12.5. The number of fused-ring (bicyclic) bond motifs is 3. The SMILES string of the molecule is COC(=O)CCCCCN(Cc1ccc(N(C)C)cc1)Cc1cc2ccccc2c2ccccc12. The smallest absolute Gasteiger partial charge is 0.305 e. The van der Waals surface area contributed by atoms with E-state index in [9.17, 15) is 4.79 Å². The van der Waals surface area contributed by atoms with Gasteiger partial charge in [0.2, 0.25) is 0 Å². The fraction of sp³-hybridized carbons (Fsp3) is 0.323. The Hall–Kier alpha value is -3.37. The minimum absolute atomic E-state index is 0.120. The van der Waals surface area contributed by atoms with Gasteiger partial charge in [0.05, 0.1) is 7.11 Å². The van der Waals surface area contributed by atoms with E-state index < -0.39 is 0 Å². The molecule has 0 radical (unpaired) electrons. The minimum atomic E-state index is -0.120. The second kappa shape index (κ2) is 11.9. The molecule has 0 amide bonds. The Morgan fingerprint density at radius 3 is 2.17 bits per heavy atom. The van der Waals surface area contributed by atoms with Crippen molar-refractivity contribution in [2.45, 2.75) is 38.8 Å². The van der Waals surface area contributed by atoms with Gasteiger partial charge in [0.15, 0.2) is 0 Å². The standard InChI is InChI=1S/C31H36N2O2/c1-32(2)27-18-16-24(17-19-27)22-33(20-10-4-5-15-31(34)35-3)23-26-21-25-11-6-7-12-28(25)30-14-9-8-13-29(26)30/h6-9,11-14,16-19,21H,4-5,10,15,20,22-23H2,1-3H3. The van der Waals surface area contributed by atoms with E-state index >= 15 is 0 Å². The number of carbonyl (C=O) groups is 1. The highest BCUT2D eigenvalue weighted by molar-refractivity contribution is 6.08. The molecule has 0 heterocycles. The third-order valence-electron chi connectivity index (χ3n) is 6.69. The van der Waals surface area contributed by atoms with Crippen LogP contribution >= 0.6 is 0 Å².